The zero-order valence-corrected chi connectivity index (χ0v) is 12.4. The van der Waals surface area contributed by atoms with Gasteiger partial charge in [-0.15, -0.1) is 0 Å². The number of aromatic nitrogens is 2. The van der Waals surface area contributed by atoms with Crippen LogP contribution in [0.2, 0.25) is 0 Å². The minimum absolute atomic E-state index is 0.168. The lowest BCUT2D eigenvalue weighted by Crippen LogP contribution is -2.38. The minimum Gasteiger partial charge on any atom is -0.394 e. The molecule has 1 saturated heterocycles. The second kappa shape index (κ2) is 8.17. The van der Waals surface area contributed by atoms with Crippen molar-refractivity contribution in [3.05, 3.63) is 18.0 Å². The van der Waals surface area contributed by atoms with Crippen LogP contribution in [0.25, 0.3) is 0 Å². The zero-order valence-electron chi connectivity index (χ0n) is 12.4. The number of hydrogen-bond donors (Lipinski definition) is 2. The van der Waals surface area contributed by atoms with E-state index in [2.05, 4.69) is 27.1 Å². The van der Waals surface area contributed by atoms with Crippen molar-refractivity contribution in [2.24, 2.45) is 0 Å². The highest BCUT2D eigenvalue weighted by molar-refractivity contribution is 5.32. The van der Waals surface area contributed by atoms with Crippen molar-refractivity contribution in [1.29, 1.82) is 0 Å². The second-order valence-corrected chi connectivity index (χ2v) is 5.45. The lowest BCUT2D eigenvalue weighted by molar-refractivity contribution is 0.254. The molecule has 0 amide bonds. The van der Waals surface area contributed by atoms with Gasteiger partial charge in [-0.25, -0.2) is 9.97 Å². The Morgan fingerprint density at radius 3 is 2.80 bits per heavy atom. The topological polar surface area (TPSA) is 61.3 Å². The number of nitrogens with zero attached hydrogens (tertiary/aromatic N) is 3. The fourth-order valence-electron chi connectivity index (χ4n) is 2.63. The van der Waals surface area contributed by atoms with E-state index in [1.807, 2.05) is 12.4 Å². The van der Waals surface area contributed by atoms with Gasteiger partial charge in [0.25, 0.3) is 0 Å². The smallest absolute Gasteiger partial charge is 0.225 e. The number of aliphatic hydroxyl groups is 1. The predicted molar refractivity (Wildman–Crippen MR) is 80.7 cm³/mol. The molecule has 1 fully saturated rings. The van der Waals surface area contributed by atoms with Crippen molar-refractivity contribution in [2.75, 3.05) is 24.6 Å². The lowest BCUT2D eigenvalue weighted by Gasteiger charge is -2.28. The molecule has 1 aliphatic heterocycles. The first-order valence-electron chi connectivity index (χ1n) is 7.74. The summed E-state index contributed by atoms with van der Waals surface area (Å²) in [4.78, 5) is 11.1. The number of hydrogen-bond acceptors (Lipinski definition) is 5. The molecule has 112 valence electrons. The van der Waals surface area contributed by atoms with Gasteiger partial charge in [0.1, 0.15) is 0 Å². The molecular weight excluding hydrogens is 252 g/mol. The van der Waals surface area contributed by atoms with Crippen LogP contribution in [0.1, 0.15) is 44.6 Å². The Balaban J connectivity index is 1.99. The molecule has 20 heavy (non-hydrogen) atoms. The lowest BCUT2D eigenvalue weighted by atomic mass is 10.1. The van der Waals surface area contributed by atoms with Crippen molar-refractivity contribution in [3.63, 3.8) is 0 Å². The maximum atomic E-state index is 9.54. The highest BCUT2D eigenvalue weighted by Gasteiger charge is 2.22. The van der Waals surface area contributed by atoms with Gasteiger partial charge in [-0.2, -0.15) is 0 Å². The van der Waals surface area contributed by atoms with Crippen molar-refractivity contribution in [3.8, 4) is 0 Å². The summed E-state index contributed by atoms with van der Waals surface area (Å²) >= 11 is 0. The molecule has 0 spiro atoms. The van der Waals surface area contributed by atoms with Gasteiger partial charge in [0.15, 0.2) is 0 Å². The summed E-state index contributed by atoms with van der Waals surface area (Å²) in [6.45, 7) is 5.11. The SMILES string of the molecule is CCCNCc1cnc(N2CCCCCC2CO)nc1. The van der Waals surface area contributed by atoms with E-state index >= 15 is 0 Å². The van der Waals surface area contributed by atoms with E-state index in [1.54, 1.807) is 0 Å². The molecule has 1 aromatic rings. The number of nitrogens with one attached hydrogen (secondary N) is 1. The number of anilines is 1. The van der Waals surface area contributed by atoms with Gasteiger partial charge in [-0.3, -0.25) is 0 Å². The van der Waals surface area contributed by atoms with E-state index in [1.165, 1.54) is 12.8 Å². The van der Waals surface area contributed by atoms with Crippen molar-refractivity contribution >= 4 is 5.95 Å². The zero-order chi connectivity index (χ0) is 14.2. The molecule has 1 unspecified atom stereocenters. The molecule has 0 saturated carbocycles. The van der Waals surface area contributed by atoms with Gasteiger partial charge < -0.3 is 15.3 Å². The van der Waals surface area contributed by atoms with Gasteiger partial charge >= 0.3 is 0 Å². The molecule has 1 aromatic heterocycles. The van der Waals surface area contributed by atoms with Gasteiger partial charge in [-0.05, 0) is 25.8 Å². The maximum absolute atomic E-state index is 9.54. The largest absolute Gasteiger partial charge is 0.394 e. The van der Waals surface area contributed by atoms with Gasteiger partial charge in [0.05, 0.1) is 12.6 Å². The molecular formula is C15H26N4O. The maximum Gasteiger partial charge on any atom is 0.225 e. The molecule has 2 rings (SSSR count). The Bertz CT molecular complexity index is 382. The first-order chi connectivity index (χ1) is 9.85. The molecule has 0 radical (unpaired) electrons. The third-order valence-electron chi connectivity index (χ3n) is 3.79. The van der Waals surface area contributed by atoms with Crippen LogP contribution >= 0.6 is 0 Å². The summed E-state index contributed by atoms with van der Waals surface area (Å²) in [6.07, 6.45) is 9.51. The summed E-state index contributed by atoms with van der Waals surface area (Å²) in [5.74, 6) is 0.755. The van der Waals surface area contributed by atoms with Gasteiger partial charge in [-0.1, -0.05) is 19.8 Å². The third-order valence-corrected chi connectivity index (χ3v) is 3.79. The molecule has 0 aromatic carbocycles. The van der Waals surface area contributed by atoms with Crippen LogP contribution in [-0.4, -0.2) is 40.8 Å². The molecule has 1 aliphatic rings. The van der Waals surface area contributed by atoms with Crippen LogP contribution in [0.5, 0.6) is 0 Å². The van der Waals surface area contributed by atoms with Gasteiger partial charge in [0.2, 0.25) is 5.95 Å². The molecule has 5 nitrogen and oxygen atoms in total. The average Bonchev–Trinajstić information content (AvgIpc) is 2.73. The van der Waals surface area contributed by atoms with E-state index in [-0.39, 0.29) is 12.6 Å². The van der Waals surface area contributed by atoms with E-state index in [9.17, 15) is 5.11 Å². The summed E-state index contributed by atoms with van der Waals surface area (Å²) in [5.41, 5.74) is 1.11. The standard InChI is InChI=1S/C15H26N4O/c1-2-7-16-9-13-10-17-15(18-11-13)19-8-5-3-4-6-14(19)12-20/h10-11,14,16,20H,2-9,12H2,1H3. The molecule has 2 N–H and O–H groups in total. The quantitative estimate of drug-likeness (QED) is 0.776. The van der Waals surface area contributed by atoms with Crippen LogP contribution in [0.4, 0.5) is 5.95 Å². The Kier molecular flexibility index (Phi) is 6.21. The minimum atomic E-state index is 0.168. The molecule has 0 bridgehead atoms. The Morgan fingerprint density at radius 1 is 1.30 bits per heavy atom. The van der Waals surface area contributed by atoms with Gasteiger partial charge in [0, 0.05) is 31.0 Å². The average molecular weight is 278 g/mol. The molecule has 2 heterocycles. The van der Waals surface area contributed by atoms with E-state index < -0.39 is 0 Å². The van der Waals surface area contributed by atoms with E-state index in [4.69, 9.17) is 0 Å². The Hall–Kier alpha value is -1.20. The van der Waals surface area contributed by atoms with Crippen LogP contribution in [-0.2, 0) is 6.54 Å². The monoisotopic (exact) mass is 278 g/mol. The Morgan fingerprint density at radius 2 is 2.10 bits per heavy atom. The second-order valence-electron chi connectivity index (χ2n) is 5.45. The number of aliphatic hydroxyl groups excluding tert-OH is 1. The predicted octanol–water partition coefficient (Wildman–Crippen LogP) is 1.72. The van der Waals surface area contributed by atoms with Crippen molar-refractivity contribution in [2.45, 2.75) is 51.6 Å². The fraction of sp³-hybridized carbons (Fsp3) is 0.733. The molecule has 5 heteroatoms. The third kappa shape index (κ3) is 4.15. The summed E-state index contributed by atoms with van der Waals surface area (Å²) in [7, 11) is 0. The molecule has 1 atom stereocenters. The fourth-order valence-corrected chi connectivity index (χ4v) is 2.63. The van der Waals surface area contributed by atoms with Crippen LogP contribution in [0.3, 0.4) is 0 Å². The Labute approximate surface area is 121 Å². The highest BCUT2D eigenvalue weighted by Crippen LogP contribution is 2.20. The summed E-state index contributed by atoms with van der Waals surface area (Å²) < 4.78 is 0. The van der Waals surface area contributed by atoms with Crippen LogP contribution in [0, 0.1) is 0 Å². The van der Waals surface area contributed by atoms with Crippen molar-refractivity contribution < 1.29 is 5.11 Å². The first kappa shape index (κ1) is 15.2. The summed E-state index contributed by atoms with van der Waals surface area (Å²) in [5, 5.41) is 12.9. The number of rotatable bonds is 6. The van der Waals surface area contributed by atoms with Crippen molar-refractivity contribution in [1.82, 2.24) is 15.3 Å². The van der Waals surface area contributed by atoms with Crippen LogP contribution < -0.4 is 10.2 Å². The van der Waals surface area contributed by atoms with E-state index in [0.717, 1.165) is 50.4 Å². The highest BCUT2D eigenvalue weighted by atomic mass is 16.3. The normalized spacial score (nSPS) is 19.9. The first-order valence-corrected chi connectivity index (χ1v) is 7.74. The summed E-state index contributed by atoms with van der Waals surface area (Å²) in [6, 6.07) is 0.168. The molecule has 0 aliphatic carbocycles. The van der Waals surface area contributed by atoms with Crippen LogP contribution in [0.15, 0.2) is 12.4 Å². The van der Waals surface area contributed by atoms with E-state index in [0.29, 0.717) is 0 Å².